The molecule has 0 bridgehead atoms. The van der Waals surface area contributed by atoms with Crippen molar-refractivity contribution >= 4 is 11.9 Å². The first-order valence-corrected chi connectivity index (χ1v) is 9.37. The van der Waals surface area contributed by atoms with Crippen LogP contribution in [0.5, 0.6) is 0 Å². The van der Waals surface area contributed by atoms with Crippen LogP contribution in [-0.2, 0) is 4.79 Å². The molecule has 0 heterocycles. The number of benzene rings is 3. The minimum atomic E-state index is -1.22. The molecule has 29 heavy (non-hydrogen) atoms. The van der Waals surface area contributed by atoms with E-state index in [1.807, 2.05) is 49.4 Å². The van der Waals surface area contributed by atoms with Gasteiger partial charge in [-0.3, -0.25) is 9.59 Å². The van der Waals surface area contributed by atoms with Crippen molar-refractivity contribution in [1.82, 2.24) is 5.32 Å². The molecular formula is C24H23NO4. The van der Waals surface area contributed by atoms with Crippen LogP contribution >= 0.6 is 0 Å². The van der Waals surface area contributed by atoms with Gasteiger partial charge in [-0.2, -0.15) is 0 Å². The normalized spacial score (nSPS) is 12.8. The van der Waals surface area contributed by atoms with Crippen molar-refractivity contribution in [1.29, 1.82) is 0 Å². The zero-order valence-corrected chi connectivity index (χ0v) is 16.1. The first-order valence-electron chi connectivity index (χ1n) is 9.37. The summed E-state index contributed by atoms with van der Waals surface area (Å²) in [5.74, 6) is -2.71. The van der Waals surface area contributed by atoms with Gasteiger partial charge in [-0.15, -0.1) is 0 Å². The molecule has 0 unspecified atom stereocenters. The highest BCUT2D eigenvalue weighted by atomic mass is 16.4. The first kappa shape index (κ1) is 20.3. The van der Waals surface area contributed by atoms with Gasteiger partial charge >= 0.3 is 5.97 Å². The minimum Gasteiger partial charge on any atom is -0.481 e. The maximum absolute atomic E-state index is 12.9. The number of hydrogen-bond acceptors (Lipinski definition) is 3. The van der Waals surface area contributed by atoms with Crippen LogP contribution in [-0.4, -0.2) is 28.6 Å². The summed E-state index contributed by atoms with van der Waals surface area (Å²) in [4.78, 5) is 24.6. The molecule has 0 aliphatic heterocycles. The molecule has 1 amide bonds. The van der Waals surface area contributed by atoms with Crippen LogP contribution in [0.2, 0.25) is 0 Å². The fraction of sp³-hybridized carbons (Fsp3) is 0.167. The number of hydrogen-bond donors (Lipinski definition) is 3. The van der Waals surface area contributed by atoms with Gasteiger partial charge in [-0.1, -0.05) is 78.4 Å². The highest BCUT2D eigenvalue weighted by Gasteiger charge is 2.28. The van der Waals surface area contributed by atoms with Gasteiger partial charge in [0.2, 0.25) is 0 Å². The van der Waals surface area contributed by atoms with E-state index < -0.39 is 18.0 Å². The number of aliphatic carboxylic acids is 1. The molecule has 0 aromatic heterocycles. The van der Waals surface area contributed by atoms with Crippen molar-refractivity contribution in [3.05, 3.63) is 95.6 Å². The van der Waals surface area contributed by atoms with Crippen molar-refractivity contribution in [2.24, 2.45) is 5.92 Å². The average molecular weight is 389 g/mol. The number of nitrogens with one attached hydrogen (secondary N) is 1. The summed E-state index contributed by atoms with van der Waals surface area (Å²) >= 11 is 0. The Balaban J connectivity index is 1.81. The van der Waals surface area contributed by atoms with E-state index in [9.17, 15) is 19.8 Å². The zero-order chi connectivity index (χ0) is 20.8. The highest BCUT2D eigenvalue weighted by molar-refractivity contribution is 6.01. The molecule has 0 spiro atoms. The van der Waals surface area contributed by atoms with Gasteiger partial charge in [0, 0.05) is 12.1 Å². The van der Waals surface area contributed by atoms with E-state index in [4.69, 9.17) is 0 Å². The summed E-state index contributed by atoms with van der Waals surface area (Å²) in [6, 6.07) is 23.7. The maximum Gasteiger partial charge on any atom is 0.311 e. The lowest BCUT2D eigenvalue weighted by Crippen LogP contribution is -2.36. The van der Waals surface area contributed by atoms with Crippen molar-refractivity contribution in [2.45, 2.75) is 13.0 Å². The molecule has 0 fully saturated rings. The Labute approximate surface area is 169 Å². The molecule has 3 aromatic rings. The van der Waals surface area contributed by atoms with Crippen LogP contribution in [0.3, 0.4) is 0 Å². The van der Waals surface area contributed by atoms with Crippen molar-refractivity contribution in [2.75, 3.05) is 6.54 Å². The number of amides is 1. The molecule has 2 atom stereocenters. The largest absolute Gasteiger partial charge is 0.481 e. The molecule has 148 valence electrons. The predicted molar refractivity (Wildman–Crippen MR) is 111 cm³/mol. The number of aryl methyl sites for hydroxylation is 1. The predicted octanol–water partition coefficient (Wildman–Crippen LogP) is 3.83. The molecule has 3 rings (SSSR count). The standard InChI is InChI=1S/C24H23NO4/c1-16-12-13-19(17-8-4-2-5-9-17)20(14-16)23(27)25-15-21(24(28)29)22(26)18-10-6-3-7-11-18/h2-14,21-22,26H,15H2,1H3,(H,25,27)(H,28,29)/t21-,22-/m1/s1. The number of aliphatic hydroxyl groups is 1. The van der Waals surface area contributed by atoms with Crippen molar-refractivity contribution < 1.29 is 19.8 Å². The summed E-state index contributed by atoms with van der Waals surface area (Å²) in [5.41, 5.74) is 3.55. The van der Waals surface area contributed by atoms with Gasteiger partial charge < -0.3 is 15.5 Å². The smallest absolute Gasteiger partial charge is 0.311 e. The van der Waals surface area contributed by atoms with Gasteiger partial charge in [-0.05, 0) is 29.7 Å². The molecule has 0 radical (unpaired) electrons. The molecule has 5 heteroatoms. The first-order chi connectivity index (χ1) is 14.0. The quantitative estimate of drug-likeness (QED) is 0.573. The van der Waals surface area contributed by atoms with Gasteiger partial charge in [-0.25, -0.2) is 0 Å². The monoisotopic (exact) mass is 389 g/mol. The molecule has 3 N–H and O–H groups in total. The molecule has 0 saturated carbocycles. The zero-order valence-electron chi connectivity index (χ0n) is 16.1. The Morgan fingerprint density at radius 1 is 0.931 bits per heavy atom. The Hall–Kier alpha value is -3.44. The number of carboxylic acids is 1. The second-order valence-corrected chi connectivity index (χ2v) is 6.93. The molecule has 0 saturated heterocycles. The summed E-state index contributed by atoms with van der Waals surface area (Å²) in [6.45, 7) is 1.71. The SMILES string of the molecule is Cc1ccc(-c2ccccc2)c(C(=O)NC[C@@H](C(=O)O)[C@H](O)c2ccccc2)c1. The van der Waals surface area contributed by atoms with E-state index in [0.29, 0.717) is 11.1 Å². The van der Waals surface area contributed by atoms with Gasteiger partial charge in [0.1, 0.15) is 5.92 Å². The van der Waals surface area contributed by atoms with E-state index in [-0.39, 0.29) is 12.5 Å². The van der Waals surface area contributed by atoms with Crippen LogP contribution in [0.15, 0.2) is 78.9 Å². The topological polar surface area (TPSA) is 86.6 Å². The van der Waals surface area contributed by atoms with E-state index in [1.54, 1.807) is 36.4 Å². The van der Waals surface area contributed by atoms with Gasteiger partial charge in [0.15, 0.2) is 0 Å². The number of rotatable bonds is 7. The van der Waals surface area contributed by atoms with Crippen LogP contribution in [0.4, 0.5) is 0 Å². The number of carbonyl (C=O) groups is 2. The lowest BCUT2D eigenvalue weighted by molar-refractivity contribution is -0.145. The van der Waals surface area contributed by atoms with Crippen molar-refractivity contribution in [3.63, 3.8) is 0 Å². The molecule has 0 aliphatic carbocycles. The third kappa shape index (κ3) is 4.89. The Bertz CT molecular complexity index is 986. The van der Waals surface area contributed by atoms with Gasteiger partial charge in [0.25, 0.3) is 5.91 Å². The number of carboxylic acid groups (broad SMARTS) is 1. The molecule has 3 aromatic carbocycles. The lowest BCUT2D eigenvalue weighted by atomic mass is 9.94. The summed E-state index contributed by atoms with van der Waals surface area (Å²) in [5, 5.41) is 22.7. The van der Waals surface area contributed by atoms with Gasteiger partial charge in [0.05, 0.1) is 6.10 Å². The summed E-state index contributed by atoms with van der Waals surface area (Å²) < 4.78 is 0. The fourth-order valence-corrected chi connectivity index (χ4v) is 3.23. The highest BCUT2D eigenvalue weighted by Crippen LogP contribution is 2.25. The van der Waals surface area contributed by atoms with E-state index in [1.165, 1.54) is 0 Å². The van der Waals surface area contributed by atoms with E-state index in [2.05, 4.69) is 5.32 Å². The van der Waals surface area contributed by atoms with Crippen LogP contribution in [0.25, 0.3) is 11.1 Å². The van der Waals surface area contributed by atoms with E-state index in [0.717, 1.165) is 16.7 Å². The Kier molecular flexibility index (Phi) is 6.42. The Morgan fingerprint density at radius 3 is 2.17 bits per heavy atom. The van der Waals surface area contributed by atoms with Crippen LogP contribution in [0, 0.1) is 12.8 Å². The average Bonchev–Trinajstić information content (AvgIpc) is 2.74. The van der Waals surface area contributed by atoms with E-state index >= 15 is 0 Å². The van der Waals surface area contributed by atoms with Crippen LogP contribution < -0.4 is 5.32 Å². The molecule has 5 nitrogen and oxygen atoms in total. The third-order valence-electron chi connectivity index (χ3n) is 4.83. The third-order valence-corrected chi connectivity index (χ3v) is 4.83. The summed E-state index contributed by atoms with van der Waals surface area (Å²) in [6.07, 6.45) is -1.22. The summed E-state index contributed by atoms with van der Waals surface area (Å²) in [7, 11) is 0. The second kappa shape index (κ2) is 9.17. The molecular weight excluding hydrogens is 366 g/mol. The fourth-order valence-electron chi connectivity index (χ4n) is 3.23. The Morgan fingerprint density at radius 2 is 1.55 bits per heavy atom. The van der Waals surface area contributed by atoms with Crippen molar-refractivity contribution in [3.8, 4) is 11.1 Å². The molecule has 0 aliphatic rings. The lowest BCUT2D eigenvalue weighted by Gasteiger charge is -2.20. The number of carbonyl (C=O) groups excluding carboxylic acids is 1. The minimum absolute atomic E-state index is 0.188. The number of aliphatic hydroxyl groups excluding tert-OH is 1. The van der Waals surface area contributed by atoms with Crippen LogP contribution in [0.1, 0.15) is 27.6 Å². The maximum atomic E-state index is 12.9. The second-order valence-electron chi connectivity index (χ2n) is 6.93.